The fourth-order valence-electron chi connectivity index (χ4n) is 2.44. The van der Waals surface area contributed by atoms with Gasteiger partial charge in [-0.3, -0.25) is 4.79 Å². The Balaban J connectivity index is 1.62. The highest BCUT2D eigenvalue weighted by Crippen LogP contribution is 2.25. The standard InChI is InChI=1S/C20H19ClN2O5/c1-12(18(24)10-20(25)26-2)27-14-4-6-15(7-5-14)28-19-11-22-17-9-13(21)3-8-16(17)23-19/h3-9,11-12,18,24H,10H2,1-2H3. The van der Waals surface area contributed by atoms with Gasteiger partial charge in [-0.2, -0.15) is 0 Å². The molecule has 7 nitrogen and oxygen atoms in total. The molecule has 0 fully saturated rings. The molecule has 0 aliphatic carbocycles. The summed E-state index contributed by atoms with van der Waals surface area (Å²) in [5.41, 5.74) is 1.36. The molecule has 0 aliphatic rings. The van der Waals surface area contributed by atoms with Crippen LogP contribution in [-0.2, 0) is 9.53 Å². The number of hydrogen-bond donors (Lipinski definition) is 1. The van der Waals surface area contributed by atoms with Crippen molar-refractivity contribution in [1.29, 1.82) is 0 Å². The molecule has 0 radical (unpaired) electrons. The van der Waals surface area contributed by atoms with Crippen LogP contribution < -0.4 is 9.47 Å². The third-order valence-corrected chi connectivity index (χ3v) is 4.23. The van der Waals surface area contributed by atoms with Gasteiger partial charge in [0.1, 0.15) is 23.7 Å². The second kappa shape index (κ2) is 8.86. The average Bonchev–Trinajstić information content (AvgIpc) is 2.69. The van der Waals surface area contributed by atoms with E-state index in [-0.39, 0.29) is 6.42 Å². The van der Waals surface area contributed by atoms with Gasteiger partial charge in [0.15, 0.2) is 0 Å². The third kappa shape index (κ3) is 5.09. The first-order valence-corrected chi connectivity index (χ1v) is 8.94. The zero-order valence-corrected chi connectivity index (χ0v) is 16.1. The maximum Gasteiger partial charge on any atom is 0.308 e. The lowest BCUT2D eigenvalue weighted by molar-refractivity contribution is -0.144. The highest BCUT2D eigenvalue weighted by atomic mass is 35.5. The van der Waals surface area contributed by atoms with Gasteiger partial charge >= 0.3 is 5.97 Å². The van der Waals surface area contributed by atoms with Gasteiger partial charge in [0, 0.05) is 5.02 Å². The van der Waals surface area contributed by atoms with Crippen LogP contribution in [0.2, 0.25) is 5.02 Å². The van der Waals surface area contributed by atoms with E-state index in [1.54, 1.807) is 49.4 Å². The van der Waals surface area contributed by atoms with Crippen LogP contribution in [0, 0.1) is 0 Å². The van der Waals surface area contributed by atoms with E-state index in [0.29, 0.717) is 33.4 Å². The van der Waals surface area contributed by atoms with Gasteiger partial charge in [-0.15, -0.1) is 0 Å². The molecule has 2 unspecified atom stereocenters. The minimum absolute atomic E-state index is 0.134. The second-order valence-electron chi connectivity index (χ2n) is 6.09. The SMILES string of the molecule is COC(=O)CC(O)C(C)Oc1ccc(Oc2cnc3cc(Cl)ccc3n2)cc1. The van der Waals surface area contributed by atoms with Crippen LogP contribution in [-0.4, -0.2) is 40.4 Å². The molecule has 1 aromatic heterocycles. The number of rotatable bonds is 7. The topological polar surface area (TPSA) is 90.8 Å². The lowest BCUT2D eigenvalue weighted by Gasteiger charge is -2.19. The molecule has 0 saturated heterocycles. The number of aliphatic hydroxyl groups excluding tert-OH is 1. The summed E-state index contributed by atoms with van der Waals surface area (Å²) in [5, 5.41) is 10.6. The highest BCUT2D eigenvalue weighted by molar-refractivity contribution is 6.31. The molecule has 0 amide bonds. The first-order chi connectivity index (χ1) is 13.4. The normalized spacial score (nSPS) is 13.0. The molecule has 28 heavy (non-hydrogen) atoms. The first-order valence-electron chi connectivity index (χ1n) is 8.56. The number of esters is 1. The monoisotopic (exact) mass is 402 g/mol. The number of aromatic nitrogens is 2. The molecule has 146 valence electrons. The Morgan fingerprint density at radius 3 is 2.57 bits per heavy atom. The van der Waals surface area contributed by atoms with Crippen molar-refractivity contribution in [3.8, 4) is 17.4 Å². The summed E-state index contributed by atoms with van der Waals surface area (Å²) in [6, 6.07) is 12.1. The number of ether oxygens (including phenoxy) is 3. The van der Waals surface area contributed by atoms with Crippen LogP contribution in [0.25, 0.3) is 11.0 Å². The molecule has 1 N–H and O–H groups in total. The van der Waals surface area contributed by atoms with Crippen LogP contribution in [0.1, 0.15) is 13.3 Å². The van der Waals surface area contributed by atoms with Gasteiger partial charge < -0.3 is 19.3 Å². The van der Waals surface area contributed by atoms with Crippen LogP contribution in [0.15, 0.2) is 48.7 Å². The minimum atomic E-state index is -0.968. The molecule has 1 heterocycles. The van der Waals surface area contributed by atoms with Crippen molar-refractivity contribution < 1.29 is 24.1 Å². The number of benzene rings is 2. The van der Waals surface area contributed by atoms with Gasteiger partial charge in [-0.1, -0.05) is 11.6 Å². The Morgan fingerprint density at radius 2 is 1.86 bits per heavy atom. The fraction of sp³-hybridized carbons (Fsp3) is 0.250. The van der Waals surface area contributed by atoms with E-state index in [4.69, 9.17) is 21.1 Å². The summed E-state index contributed by atoms with van der Waals surface area (Å²) < 4.78 is 15.9. The highest BCUT2D eigenvalue weighted by Gasteiger charge is 2.20. The number of fused-ring (bicyclic) bond motifs is 1. The van der Waals surface area contributed by atoms with Crippen molar-refractivity contribution in [2.45, 2.75) is 25.6 Å². The van der Waals surface area contributed by atoms with Gasteiger partial charge in [0.25, 0.3) is 0 Å². The molecular formula is C20H19ClN2O5. The summed E-state index contributed by atoms with van der Waals surface area (Å²) in [6.07, 6.45) is -0.159. The number of carbonyl (C=O) groups is 1. The maximum absolute atomic E-state index is 11.2. The first kappa shape index (κ1) is 19.9. The minimum Gasteiger partial charge on any atom is -0.488 e. The van der Waals surface area contributed by atoms with Crippen molar-refractivity contribution in [1.82, 2.24) is 9.97 Å². The summed E-state index contributed by atoms with van der Waals surface area (Å²) >= 11 is 5.94. The Hall–Kier alpha value is -2.90. The van der Waals surface area contributed by atoms with Crippen LogP contribution in [0.5, 0.6) is 17.4 Å². The summed E-state index contributed by atoms with van der Waals surface area (Å²) in [6.45, 7) is 1.68. The van der Waals surface area contributed by atoms with E-state index in [1.165, 1.54) is 13.3 Å². The van der Waals surface area contributed by atoms with E-state index in [0.717, 1.165) is 0 Å². The van der Waals surface area contributed by atoms with E-state index >= 15 is 0 Å². The van der Waals surface area contributed by atoms with E-state index in [9.17, 15) is 9.90 Å². The van der Waals surface area contributed by atoms with Crippen LogP contribution in [0.3, 0.4) is 0 Å². The zero-order chi connectivity index (χ0) is 20.1. The van der Waals surface area contributed by atoms with E-state index in [1.807, 2.05) is 0 Å². The zero-order valence-electron chi connectivity index (χ0n) is 15.3. The predicted octanol–water partition coefficient (Wildman–Crippen LogP) is 3.77. The van der Waals surface area contributed by atoms with E-state index < -0.39 is 18.2 Å². The lowest BCUT2D eigenvalue weighted by atomic mass is 10.1. The molecule has 0 saturated carbocycles. The van der Waals surface area contributed by atoms with Gasteiger partial charge in [-0.25, -0.2) is 9.97 Å². The summed E-state index contributed by atoms with van der Waals surface area (Å²) in [7, 11) is 1.27. The molecule has 0 aliphatic heterocycles. The van der Waals surface area contributed by atoms with Crippen molar-refractivity contribution in [3.63, 3.8) is 0 Å². The maximum atomic E-state index is 11.2. The number of carbonyl (C=O) groups excluding carboxylic acids is 1. The molecule has 0 spiro atoms. The molecular weight excluding hydrogens is 384 g/mol. The number of aliphatic hydroxyl groups is 1. The Morgan fingerprint density at radius 1 is 1.14 bits per heavy atom. The number of nitrogens with zero attached hydrogens (tertiary/aromatic N) is 2. The quantitative estimate of drug-likeness (QED) is 0.601. The Bertz CT molecular complexity index is 964. The van der Waals surface area contributed by atoms with Crippen molar-refractivity contribution in [2.24, 2.45) is 0 Å². The van der Waals surface area contributed by atoms with Gasteiger partial charge in [0.05, 0.1) is 30.8 Å². The molecule has 3 aromatic rings. The van der Waals surface area contributed by atoms with Gasteiger partial charge in [0.2, 0.25) is 5.88 Å². The number of hydrogen-bond acceptors (Lipinski definition) is 7. The predicted molar refractivity (Wildman–Crippen MR) is 104 cm³/mol. The fourth-order valence-corrected chi connectivity index (χ4v) is 2.60. The number of halogens is 1. The third-order valence-electron chi connectivity index (χ3n) is 4.00. The van der Waals surface area contributed by atoms with Crippen molar-refractivity contribution >= 4 is 28.6 Å². The molecule has 8 heteroatoms. The average molecular weight is 403 g/mol. The second-order valence-corrected chi connectivity index (χ2v) is 6.52. The van der Waals surface area contributed by atoms with Gasteiger partial charge in [-0.05, 0) is 49.4 Å². The Labute approximate surface area is 166 Å². The lowest BCUT2D eigenvalue weighted by Crippen LogP contribution is -2.31. The number of methoxy groups -OCH3 is 1. The van der Waals surface area contributed by atoms with E-state index in [2.05, 4.69) is 14.7 Å². The molecule has 3 rings (SSSR count). The molecule has 0 bridgehead atoms. The summed E-state index contributed by atoms with van der Waals surface area (Å²) in [5.74, 6) is 0.941. The molecule has 2 atom stereocenters. The smallest absolute Gasteiger partial charge is 0.308 e. The van der Waals surface area contributed by atoms with Crippen LogP contribution in [0.4, 0.5) is 0 Å². The largest absolute Gasteiger partial charge is 0.488 e. The van der Waals surface area contributed by atoms with Crippen molar-refractivity contribution in [2.75, 3.05) is 7.11 Å². The summed E-state index contributed by atoms with van der Waals surface area (Å²) in [4.78, 5) is 19.9. The van der Waals surface area contributed by atoms with Crippen LogP contribution >= 0.6 is 11.6 Å². The molecule has 2 aromatic carbocycles. The Kier molecular flexibility index (Phi) is 6.28. The van der Waals surface area contributed by atoms with Crippen molar-refractivity contribution in [3.05, 3.63) is 53.7 Å².